The number of benzene rings is 1. The molecule has 0 saturated carbocycles. The summed E-state index contributed by atoms with van der Waals surface area (Å²) in [4.78, 5) is 4.66. The molecule has 24 heavy (non-hydrogen) atoms. The number of nitrogens with zero attached hydrogens (tertiary/aromatic N) is 1. The highest BCUT2D eigenvalue weighted by Gasteiger charge is 2.22. The molecule has 0 N–H and O–H groups in total. The van der Waals surface area contributed by atoms with E-state index in [1.165, 1.54) is 41.9 Å². The molecule has 0 saturated heterocycles. The molecule has 1 aliphatic heterocycles. The number of aliphatic imine (C=N–C) groups is 1. The third-order valence-electron chi connectivity index (χ3n) is 5.13. The van der Waals surface area contributed by atoms with E-state index in [-0.39, 0.29) is 5.38 Å². The molecular formula is C21H19ClIN. The summed E-state index contributed by atoms with van der Waals surface area (Å²) in [5, 5.41) is 2.80. The Hall–Kier alpha value is -1.13. The first kappa shape index (κ1) is 16.3. The van der Waals surface area contributed by atoms with Crippen LogP contribution in [0.5, 0.6) is 0 Å². The first-order valence-corrected chi connectivity index (χ1v) is 9.86. The second kappa shape index (κ2) is 6.30. The summed E-state index contributed by atoms with van der Waals surface area (Å²) in [5.41, 5.74) is 7.98. The molecule has 2 aliphatic carbocycles. The van der Waals surface area contributed by atoms with Gasteiger partial charge in [0.1, 0.15) is 0 Å². The van der Waals surface area contributed by atoms with Gasteiger partial charge in [0.2, 0.25) is 0 Å². The van der Waals surface area contributed by atoms with Crippen LogP contribution >= 0.6 is 34.2 Å². The minimum atomic E-state index is 0.113. The number of rotatable bonds is 0. The molecule has 4 rings (SSSR count). The van der Waals surface area contributed by atoms with Crippen LogP contribution in [-0.2, 0) is 0 Å². The highest BCUT2D eigenvalue weighted by Crippen LogP contribution is 2.33. The Morgan fingerprint density at radius 1 is 1.17 bits per heavy atom. The molecular weight excluding hydrogens is 429 g/mol. The average Bonchev–Trinajstić information content (AvgIpc) is 2.91. The predicted octanol–water partition coefficient (Wildman–Crippen LogP) is 4.55. The fourth-order valence-corrected chi connectivity index (χ4v) is 4.75. The molecule has 122 valence electrons. The van der Waals surface area contributed by atoms with E-state index in [2.05, 4.69) is 71.8 Å². The van der Waals surface area contributed by atoms with E-state index < -0.39 is 0 Å². The van der Waals surface area contributed by atoms with Crippen LogP contribution in [0.1, 0.15) is 31.7 Å². The van der Waals surface area contributed by atoms with Crippen molar-refractivity contribution in [2.24, 2.45) is 4.99 Å². The van der Waals surface area contributed by atoms with Crippen molar-refractivity contribution in [1.82, 2.24) is 0 Å². The van der Waals surface area contributed by atoms with Crippen LogP contribution in [0.15, 0.2) is 52.7 Å². The number of allylic oxidation sites excluding steroid dienone is 5. The lowest BCUT2D eigenvalue weighted by molar-refractivity contribution is 0.859. The molecule has 3 aliphatic rings. The van der Waals surface area contributed by atoms with Crippen molar-refractivity contribution in [2.75, 3.05) is 0 Å². The molecule has 1 atom stereocenters. The molecule has 1 aromatic carbocycles. The van der Waals surface area contributed by atoms with Gasteiger partial charge < -0.3 is 0 Å². The van der Waals surface area contributed by atoms with E-state index in [4.69, 9.17) is 11.6 Å². The summed E-state index contributed by atoms with van der Waals surface area (Å²) in [5.74, 6) is 0. The highest BCUT2D eigenvalue weighted by molar-refractivity contribution is 14.1. The molecule has 1 aromatic rings. The van der Waals surface area contributed by atoms with E-state index in [0.29, 0.717) is 0 Å². The van der Waals surface area contributed by atoms with E-state index in [9.17, 15) is 0 Å². The molecule has 0 fully saturated rings. The van der Waals surface area contributed by atoms with Crippen LogP contribution in [0.3, 0.4) is 0 Å². The second-order valence-corrected chi connectivity index (χ2v) is 8.28. The molecule has 2 bridgehead atoms. The summed E-state index contributed by atoms with van der Waals surface area (Å²) >= 11 is 8.93. The second-order valence-electron chi connectivity index (χ2n) is 6.64. The Labute approximate surface area is 161 Å². The smallest absolute Gasteiger partial charge is 0.0522 e. The van der Waals surface area contributed by atoms with Gasteiger partial charge in [-0.3, -0.25) is 4.99 Å². The van der Waals surface area contributed by atoms with Crippen molar-refractivity contribution in [3.8, 4) is 0 Å². The van der Waals surface area contributed by atoms with E-state index in [1.807, 2.05) is 6.20 Å². The average molecular weight is 448 g/mol. The highest BCUT2D eigenvalue weighted by atomic mass is 127. The lowest BCUT2D eigenvalue weighted by atomic mass is 9.93. The first-order chi connectivity index (χ1) is 11.6. The zero-order chi connectivity index (χ0) is 16.8. The number of hydrogen-bond acceptors (Lipinski definition) is 1. The maximum Gasteiger partial charge on any atom is 0.0522 e. The van der Waals surface area contributed by atoms with Gasteiger partial charge in [0.25, 0.3) is 0 Å². The summed E-state index contributed by atoms with van der Waals surface area (Å²) in [6.45, 7) is 4.32. The van der Waals surface area contributed by atoms with Crippen molar-refractivity contribution in [3.05, 3.63) is 67.3 Å². The van der Waals surface area contributed by atoms with Crippen LogP contribution < -0.4 is 10.4 Å². The van der Waals surface area contributed by atoms with Crippen LogP contribution in [0.2, 0.25) is 0 Å². The first-order valence-electron chi connectivity index (χ1n) is 8.35. The van der Waals surface area contributed by atoms with Crippen LogP contribution in [0.25, 0.3) is 11.1 Å². The maximum absolute atomic E-state index is 6.43. The Morgan fingerprint density at radius 2 is 2.00 bits per heavy atom. The van der Waals surface area contributed by atoms with Gasteiger partial charge in [-0.25, -0.2) is 0 Å². The van der Waals surface area contributed by atoms with Crippen LogP contribution in [0.4, 0.5) is 0 Å². The SMILES string of the molecule is CC1=NC=CC2=C3CCC(Cl)C=CC3=c3ccc(C)c(I)c3=C1C2. The van der Waals surface area contributed by atoms with Gasteiger partial charge in [0, 0.05) is 27.1 Å². The fraction of sp³-hybridized carbons (Fsp3) is 0.286. The normalized spacial score (nSPS) is 22.5. The number of alkyl halides is 1. The lowest BCUT2D eigenvalue weighted by Crippen LogP contribution is -2.33. The Kier molecular flexibility index (Phi) is 4.29. The number of halogens is 2. The third kappa shape index (κ3) is 2.64. The lowest BCUT2D eigenvalue weighted by Gasteiger charge is -2.11. The number of hydrogen-bond donors (Lipinski definition) is 0. The Morgan fingerprint density at radius 3 is 2.83 bits per heavy atom. The van der Waals surface area contributed by atoms with Crippen molar-refractivity contribution < 1.29 is 0 Å². The summed E-state index contributed by atoms with van der Waals surface area (Å²) in [6, 6.07) is 4.52. The van der Waals surface area contributed by atoms with Crippen LogP contribution in [-0.4, -0.2) is 11.1 Å². The summed E-state index contributed by atoms with van der Waals surface area (Å²) in [7, 11) is 0. The third-order valence-corrected chi connectivity index (χ3v) is 6.88. The summed E-state index contributed by atoms with van der Waals surface area (Å²) in [6.07, 6.45) is 11.5. The number of fused-ring (bicyclic) bond motifs is 4. The predicted molar refractivity (Wildman–Crippen MR) is 112 cm³/mol. The molecule has 1 heterocycles. The summed E-state index contributed by atoms with van der Waals surface area (Å²) < 4.78 is 1.34. The maximum atomic E-state index is 6.43. The molecule has 0 amide bonds. The van der Waals surface area contributed by atoms with Crippen molar-refractivity contribution >= 4 is 51.0 Å². The zero-order valence-electron chi connectivity index (χ0n) is 13.9. The minimum Gasteiger partial charge on any atom is -0.261 e. The standard InChI is InChI=1S/C21H19ClIN/c1-12-3-6-18-17-8-5-15(22)4-7-16(17)14-9-10-24-13(2)19(11-14)20(18)21(12)23/h3,5-6,8-10,15H,4,7,11H2,1-2H3. The molecule has 0 spiro atoms. The minimum absolute atomic E-state index is 0.113. The van der Waals surface area contributed by atoms with Gasteiger partial charge in [0.05, 0.1) is 5.38 Å². The van der Waals surface area contributed by atoms with Crippen molar-refractivity contribution in [1.29, 1.82) is 0 Å². The van der Waals surface area contributed by atoms with Gasteiger partial charge in [-0.1, -0.05) is 24.3 Å². The molecule has 0 radical (unpaired) electrons. The van der Waals surface area contributed by atoms with Gasteiger partial charge >= 0.3 is 0 Å². The molecule has 1 nitrogen and oxygen atoms in total. The quantitative estimate of drug-likeness (QED) is 0.409. The topological polar surface area (TPSA) is 12.4 Å². The Balaban J connectivity index is 2.24. The monoisotopic (exact) mass is 447 g/mol. The molecule has 1 unspecified atom stereocenters. The van der Waals surface area contributed by atoms with Crippen LogP contribution in [0, 0.1) is 10.5 Å². The van der Waals surface area contributed by atoms with Gasteiger partial charge in [-0.15, -0.1) is 11.6 Å². The molecule has 3 heteroatoms. The van der Waals surface area contributed by atoms with Gasteiger partial charge in [-0.05, 0) is 88.4 Å². The van der Waals surface area contributed by atoms with E-state index in [1.54, 1.807) is 0 Å². The zero-order valence-corrected chi connectivity index (χ0v) is 16.8. The van der Waals surface area contributed by atoms with Gasteiger partial charge in [-0.2, -0.15) is 0 Å². The Bertz CT molecular complexity index is 976. The largest absolute Gasteiger partial charge is 0.261 e. The van der Waals surface area contributed by atoms with Gasteiger partial charge in [0.15, 0.2) is 0 Å². The van der Waals surface area contributed by atoms with E-state index in [0.717, 1.165) is 25.0 Å². The van der Waals surface area contributed by atoms with E-state index >= 15 is 0 Å². The van der Waals surface area contributed by atoms with Crippen molar-refractivity contribution in [3.63, 3.8) is 0 Å². The number of aryl methyl sites for hydroxylation is 1. The van der Waals surface area contributed by atoms with Crippen molar-refractivity contribution in [2.45, 2.75) is 38.5 Å². The molecule has 0 aromatic heterocycles. The fourth-order valence-electron chi connectivity index (χ4n) is 3.77.